The number of sulfonamides is 1. The van der Waals surface area contributed by atoms with Crippen LogP contribution in [0.4, 0.5) is 5.82 Å². The van der Waals surface area contributed by atoms with Crippen LogP contribution in [0.1, 0.15) is 25.7 Å². The van der Waals surface area contributed by atoms with Gasteiger partial charge in [-0.3, -0.25) is 0 Å². The van der Waals surface area contributed by atoms with Crippen molar-refractivity contribution in [3.8, 4) is 0 Å². The molecule has 0 amide bonds. The quantitative estimate of drug-likeness (QED) is 0.821. The van der Waals surface area contributed by atoms with Gasteiger partial charge in [-0.1, -0.05) is 24.4 Å². The number of rotatable bonds is 4. The Balaban J connectivity index is 2.14. The van der Waals surface area contributed by atoms with Crippen LogP contribution in [0.25, 0.3) is 0 Å². The van der Waals surface area contributed by atoms with Crippen LogP contribution in [0, 0.1) is 0 Å². The van der Waals surface area contributed by atoms with Gasteiger partial charge in [0.2, 0.25) is 15.3 Å². The van der Waals surface area contributed by atoms with E-state index >= 15 is 0 Å². The highest BCUT2D eigenvalue weighted by molar-refractivity contribution is 7.88. The molecule has 0 bridgehead atoms. The topological polar surface area (TPSA) is 84.0 Å². The number of hydrogen-bond donors (Lipinski definition) is 2. The Morgan fingerprint density at radius 1 is 1.25 bits per heavy atom. The Morgan fingerprint density at radius 2 is 1.90 bits per heavy atom. The van der Waals surface area contributed by atoms with E-state index in [-0.39, 0.29) is 17.4 Å². The van der Waals surface area contributed by atoms with Crippen molar-refractivity contribution in [3.63, 3.8) is 0 Å². The van der Waals surface area contributed by atoms with E-state index < -0.39 is 10.0 Å². The molecule has 0 aliphatic heterocycles. The summed E-state index contributed by atoms with van der Waals surface area (Å²) in [4.78, 5) is 7.81. The largest absolute Gasteiger partial charge is 0.364 e. The van der Waals surface area contributed by atoms with Crippen LogP contribution in [0.5, 0.6) is 0 Å². The van der Waals surface area contributed by atoms with E-state index in [4.69, 9.17) is 23.2 Å². The zero-order chi connectivity index (χ0) is 14.8. The van der Waals surface area contributed by atoms with Gasteiger partial charge in [0.25, 0.3) is 0 Å². The van der Waals surface area contributed by atoms with E-state index in [0.717, 1.165) is 31.9 Å². The lowest BCUT2D eigenvalue weighted by atomic mass is 9.91. The Kier molecular flexibility index (Phi) is 5.06. The number of nitrogens with zero attached hydrogens (tertiary/aromatic N) is 2. The highest BCUT2D eigenvalue weighted by Crippen LogP contribution is 2.26. The second-order valence-corrected chi connectivity index (χ2v) is 7.39. The first kappa shape index (κ1) is 15.8. The van der Waals surface area contributed by atoms with Crippen molar-refractivity contribution < 1.29 is 8.42 Å². The van der Waals surface area contributed by atoms with Crippen LogP contribution < -0.4 is 10.0 Å². The van der Waals surface area contributed by atoms with Gasteiger partial charge in [-0.05, 0) is 24.4 Å². The maximum Gasteiger partial charge on any atom is 0.224 e. The SMILES string of the molecule is CS(=O)(=O)NC1CCCC[C@H]1Nc1nc(Cl)ncc1Cl. The summed E-state index contributed by atoms with van der Waals surface area (Å²) < 4.78 is 25.5. The first-order valence-corrected chi connectivity index (χ1v) is 8.92. The van der Waals surface area contributed by atoms with Crippen molar-refractivity contribution in [3.05, 3.63) is 16.5 Å². The maximum absolute atomic E-state index is 11.4. The normalized spacial score (nSPS) is 23.6. The molecule has 2 N–H and O–H groups in total. The van der Waals surface area contributed by atoms with Crippen molar-refractivity contribution in [1.29, 1.82) is 0 Å². The van der Waals surface area contributed by atoms with Crippen LogP contribution in [0.2, 0.25) is 10.3 Å². The smallest absolute Gasteiger partial charge is 0.224 e. The van der Waals surface area contributed by atoms with E-state index in [1.165, 1.54) is 6.20 Å². The predicted molar refractivity (Wildman–Crippen MR) is 79.7 cm³/mol. The zero-order valence-electron chi connectivity index (χ0n) is 10.9. The highest BCUT2D eigenvalue weighted by atomic mass is 35.5. The molecule has 1 fully saturated rings. The van der Waals surface area contributed by atoms with Crippen molar-refractivity contribution in [1.82, 2.24) is 14.7 Å². The molecule has 6 nitrogen and oxygen atoms in total. The van der Waals surface area contributed by atoms with Crippen molar-refractivity contribution in [2.24, 2.45) is 0 Å². The third-order valence-corrected chi connectivity index (χ3v) is 4.36. The molecular weight excluding hydrogens is 323 g/mol. The molecule has 1 aromatic heterocycles. The fourth-order valence-corrected chi connectivity index (χ4v) is 3.45. The van der Waals surface area contributed by atoms with Crippen LogP contribution in [0.3, 0.4) is 0 Å². The number of anilines is 1. The minimum absolute atomic E-state index is 0.0676. The lowest BCUT2D eigenvalue weighted by Gasteiger charge is -2.32. The predicted octanol–water partition coefficient (Wildman–Crippen LogP) is 2.06. The number of hydrogen-bond acceptors (Lipinski definition) is 5. The molecule has 0 spiro atoms. The molecule has 2 atom stereocenters. The van der Waals surface area contributed by atoms with Gasteiger partial charge in [0, 0.05) is 12.1 Å². The molecule has 9 heteroatoms. The summed E-state index contributed by atoms with van der Waals surface area (Å²) in [6, 6.07) is -0.245. The minimum Gasteiger partial charge on any atom is -0.364 e. The third kappa shape index (κ3) is 4.44. The first-order chi connectivity index (χ1) is 9.35. The molecule has 1 unspecified atom stereocenters. The molecule has 1 aliphatic carbocycles. The fourth-order valence-electron chi connectivity index (χ4n) is 2.34. The van der Waals surface area contributed by atoms with Crippen LogP contribution >= 0.6 is 23.2 Å². The van der Waals surface area contributed by atoms with Gasteiger partial charge in [0.05, 0.1) is 12.5 Å². The molecule has 1 saturated carbocycles. The summed E-state index contributed by atoms with van der Waals surface area (Å²) in [7, 11) is -3.25. The molecule has 2 rings (SSSR count). The Labute approximate surface area is 128 Å². The summed E-state index contributed by atoms with van der Waals surface area (Å²) in [5.41, 5.74) is 0. The van der Waals surface area contributed by atoms with Crippen LogP contribution in [0.15, 0.2) is 6.20 Å². The Morgan fingerprint density at radius 3 is 2.55 bits per heavy atom. The zero-order valence-corrected chi connectivity index (χ0v) is 13.3. The van der Waals surface area contributed by atoms with Crippen LogP contribution in [-0.2, 0) is 10.0 Å². The third-order valence-electron chi connectivity index (χ3n) is 3.17. The van der Waals surface area contributed by atoms with E-state index in [2.05, 4.69) is 20.0 Å². The first-order valence-electron chi connectivity index (χ1n) is 6.27. The molecular formula is C11H16Cl2N4O2S. The summed E-state index contributed by atoms with van der Waals surface area (Å²) in [6.07, 6.45) is 6.21. The van der Waals surface area contributed by atoms with Gasteiger partial charge in [-0.2, -0.15) is 4.98 Å². The lowest BCUT2D eigenvalue weighted by molar-refractivity contribution is 0.379. The summed E-state index contributed by atoms with van der Waals surface area (Å²) in [6.45, 7) is 0. The van der Waals surface area contributed by atoms with Gasteiger partial charge >= 0.3 is 0 Å². The van der Waals surface area contributed by atoms with Gasteiger partial charge in [0.15, 0.2) is 0 Å². The average Bonchev–Trinajstić information content (AvgIpc) is 2.34. The van der Waals surface area contributed by atoms with Crippen LogP contribution in [-0.4, -0.2) is 36.7 Å². The molecule has 0 radical (unpaired) electrons. The highest BCUT2D eigenvalue weighted by Gasteiger charge is 2.28. The number of nitrogens with one attached hydrogen (secondary N) is 2. The lowest BCUT2D eigenvalue weighted by Crippen LogP contribution is -2.48. The average molecular weight is 339 g/mol. The molecule has 0 saturated heterocycles. The van der Waals surface area contributed by atoms with E-state index in [1.54, 1.807) is 0 Å². The molecule has 20 heavy (non-hydrogen) atoms. The molecule has 1 heterocycles. The summed E-state index contributed by atoms with van der Waals surface area (Å²) in [5.74, 6) is 0.430. The van der Waals surface area contributed by atoms with E-state index in [0.29, 0.717) is 10.8 Å². The van der Waals surface area contributed by atoms with Gasteiger partial charge in [-0.25, -0.2) is 18.1 Å². The van der Waals surface area contributed by atoms with Gasteiger partial charge < -0.3 is 5.32 Å². The van der Waals surface area contributed by atoms with Crippen molar-refractivity contribution in [2.45, 2.75) is 37.8 Å². The van der Waals surface area contributed by atoms with Gasteiger partial charge in [0.1, 0.15) is 10.8 Å². The molecule has 112 valence electrons. The van der Waals surface area contributed by atoms with E-state index in [9.17, 15) is 8.42 Å². The van der Waals surface area contributed by atoms with Gasteiger partial charge in [-0.15, -0.1) is 0 Å². The minimum atomic E-state index is -3.25. The second-order valence-electron chi connectivity index (χ2n) is 4.87. The monoisotopic (exact) mass is 338 g/mol. The fraction of sp³-hybridized carbons (Fsp3) is 0.636. The standard InChI is InChI=1S/C11H16Cl2N4O2S/c1-20(18,19)17-9-5-3-2-4-8(9)15-10-7(12)6-14-11(13)16-10/h6,8-9,17H,2-5H2,1H3,(H,14,15,16)/t8-,9?/m1/s1. The van der Waals surface area contributed by atoms with E-state index in [1.807, 2.05) is 0 Å². The second kappa shape index (κ2) is 6.43. The number of aromatic nitrogens is 2. The Bertz CT molecular complexity index is 582. The van der Waals surface area contributed by atoms with Crippen molar-refractivity contribution in [2.75, 3.05) is 11.6 Å². The summed E-state index contributed by atoms with van der Waals surface area (Å²) in [5, 5.41) is 3.63. The maximum atomic E-state index is 11.4. The molecule has 1 aromatic rings. The molecule has 1 aliphatic rings. The Hall–Kier alpha value is -0.630. The molecule has 0 aromatic carbocycles. The van der Waals surface area contributed by atoms with Crippen molar-refractivity contribution >= 4 is 39.0 Å². The summed E-state index contributed by atoms with van der Waals surface area (Å²) >= 11 is 11.8. The number of halogens is 2.